The van der Waals surface area contributed by atoms with Crippen LogP contribution in [0.1, 0.15) is 22.3 Å². The van der Waals surface area contributed by atoms with Crippen molar-refractivity contribution in [2.45, 2.75) is 32.2 Å². The highest BCUT2D eigenvalue weighted by Crippen LogP contribution is 2.18. The van der Waals surface area contributed by atoms with E-state index >= 15 is 0 Å². The minimum atomic E-state index is -3.73. The Morgan fingerprint density at radius 2 is 1.76 bits per heavy atom. The van der Waals surface area contributed by atoms with Crippen molar-refractivity contribution in [1.82, 2.24) is 4.72 Å². The highest BCUT2D eigenvalue weighted by molar-refractivity contribution is 7.89. The molecule has 0 saturated carbocycles. The Balaban J connectivity index is 2.26. The van der Waals surface area contributed by atoms with Gasteiger partial charge in [0.15, 0.2) is 0 Å². The van der Waals surface area contributed by atoms with Crippen LogP contribution in [0.2, 0.25) is 0 Å². The summed E-state index contributed by atoms with van der Waals surface area (Å²) >= 11 is 0. The lowest BCUT2D eigenvalue weighted by molar-refractivity contribution is 0.576. The second-order valence-corrected chi connectivity index (χ2v) is 6.83. The summed E-state index contributed by atoms with van der Waals surface area (Å²) in [4.78, 5) is -0.0205. The van der Waals surface area contributed by atoms with Gasteiger partial charge >= 0.3 is 0 Å². The number of aryl methyl sites for hydroxylation is 2. The standard InChI is InChI=1S/C16H18FNO2S/c1-11-5-4-6-14(13(11)3)10-18-21(19,20)16-9-15(17)8-7-12(16)2/h4-9,18H,10H2,1-3H3. The first kappa shape index (κ1) is 15.7. The number of rotatable bonds is 4. The smallest absolute Gasteiger partial charge is 0.207 e. The molecule has 0 amide bonds. The first-order valence-electron chi connectivity index (χ1n) is 6.62. The second kappa shape index (κ2) is 5.95. The molecule has 0 unspecified atom stereocenters. The molecule has 2 aromatic carbocycles. The predicted octanol–water partition coefficient (Wildman–Crippen LogP) is 3.23. The molecule has 0 atom stereocenters. The maximum atomic E-state index is 13.3. The Labute approximate surface area is 124 Å². The number of nitrogens with one attached hydrogen (secondary N) is 1. The summed E-state index contributed by atoms with van der Waals surface area (Å²) in [5.74, 6) is -0.562. The molecule has 3 nitrogen and oxygen atoms in total. The van der Waals surface area contributed by atoms with Crippen LogP contribution < -0.4 is 4.72 Å². The van der Waals surface area contributed by atoms with Gasteiger partial charge in [-0.05, 0) is 55.2 Å². The topological polar surface area (TPSA) is 46.2 Å². The van der Waals surface area contributed by atoms with Gasteiger partial charge in [-0.15, -0.1) is 0 Å². The number of benzene rings is 2. The minimum absolute atomic E-state index is 0.0205. The van der Waals surface area contributed by atoms with Crippen molar-refractivity contribution in [2.24, 2.45) is 0 Å². The number of hydrogen-bond donors (Lipinski definition) is 1. The van der Waals surface area contributed by atoms with Crippen molar-refractivity contribution in [1.29, 1.82) is 0 Å². The molecule has 0 spiro atoms. The SMILES string of the molecule is Cc1ccc(F)cc1S(=O)(=O)NCc1cccc(C)c1C. The van der Waals surface area contributed by atoms with Gasteiger partial charge in [-0.25, -0.2) is 17.5 Å². The van der Waals surface area contributed by atoms with Crippen molar-refractivity contribution in [3.8, 4) is 0 Å². The molecule has 112 valence electrons. The Morgan fingerprint density at radius 3 is 2.48 bits per heavy atom. The quantitative estimate of drug-likeness (QED) is 0.942. The zero-order valence-corrected chi connectivity index (χ0v) is 13.1. The molecule has 2 rings (SSSR count). The molecule has 0 aliphatic rings. The minimum Gasteiger partial charge on any atom is -0.207 e. The van der Waals surface area contributed by atoms with Crippen molar-refractivity contribution in [3.05, 3.63) is 64.5 Å². The molecule has 0 aliphatic heterocycles. The van der Waals surface area contributed by atoms with E-state index in [9.17, 15) is 12.8 Å². The predicted molar refractivity (Wildman–Crippen MR) is 81.1 cm³/mol. The molecule has 0 heterocycles. The molecule has 0 aromatic heterocycles. The highest BCUT2D eigenvalue weighted by Gasteiger charge is 2.17. The fourth-order valence-corrected chi connectivity index (χ4v) is 3.38. The zero-order chi connectivity index (χ0) is 15.6. The fourth-order valence-electron chi connectivity index (χ4n) is 2.12. The van der Waals surface area contributed by atoms with Gasteiger partial charge in [0.1, 0.15) is 5.82 Å². The lowest BCUT2D eigenvalue weighted by Crippen LogP contribution is -2.24. The normalized spacial score (nSPS) is 11.6. The van der Waals surface area contributed by atoms with Crippen LogP contribution in [0.4, 0.5) is 4.39 Å². The number of sulfonamides is 1. The van der Waals surface area contributed by atoms with Gasteiger partial charge in [-0.1, -0.05) is 24.3 Å². The van der Waals surface area contributed by atoms with Gasteiger partial charge in [-0.3, -0.25) is 0 Å². The van der Waals surface area contributed by atoms with Crippen LogP contribution >= 0.6 is 0 Å². The molecule has 21 heavy (non-hydrogen) atoms. The van der Waals surface area contributed by atoms with Crippen LogP contribution in [-0.4, -0.2) is 8.42 Å². The molecular weight excluding hydrogens is 289 g/mol. The van der Waals surface area contributed by atoms with Gasteiger partial charge in [0, 0.05) is 6.54 Å². The van der Waals surface area contributed by atoms with Crippen LogP contribution in [-0.2, 0) is 16.6 Å². The Kier molecular flexibility index (Phi) is 4.44. The van der Waals surface area contributed by atoms with E-state index in [1.165, 1.54) is 12.1 Å². The summed E-state index contributed by atoms with van der Waals surface area (Å²) in [7, 11) is -3.73. The molecule has 0 fully saturated rings. The van der Waals surface area contributed by atoms with Crippen molar-refractivity contribution in [2.75, 3.05) is 0 Å². The molecule has 2 aromatic rings. The monoisotopic (exact) mass is 307 g/mol. The Hall–Kier alpha value is -1.72. The van der Waals surface area contributed by atoms with Gasteiger partial charge in [-0.2, -0.15) is 0 Å². The van der Waals surface area contributed by atoms with Crippen LogP contribution in [0.3, 0.4) is 0 Å². The maximum absolute atomic E-state index is 13.3. The van der Waals surface area contributed by atoms with E-state index in [2.05, 4.69) is 4.72 Å². The van der Waals surface area contributed by atoms with E-state index in [4.69, 9.17) is 0 Å². The highest BCUT2D eigenvalue weighted by atomic mass is 32.2. The molecule has 0 radical (unpaired) electrons. The lowest BCUT2D eigenvalue weighted by Gasteiger charge is -2.12. The van der Waals surface area contributed by atoms with Gasteiger partial charge < -0.3 is 0 Å². The van der Waals surface area contributed by atoms with Crippen LogP contribution in [0.25, 0.3) is 0 Å². The maximum Gasteiger partial charge on any atom is 0.241 e. The van der Waals surface area contributed by atoms with Crippen LogP contribution in [0.15, 0.2) is 41.3 Å². The molecule has 5 heteroatoms. The largest absolute Gasteiger partial charge is 0.241 e. The number of hydrogen-bond acceptors (Lipinski definition) is 2. The summed E-state index contributed by atoms with van der Waals surface area (Å²) in [6, 6.07) is 9.49. The summed E-state index contributed by atoms with van der Waals surface area (Å²) < 4.78 is 40.4. The van der Waals surface area contributed by atoms with E-state index in [-0.39, 0.29) is 11.4 Å². The summed E-state index contributed by atoms with van der Waals surface area (Å²) in [5.41, 5.74) is 3.59. The first-order chi connectivity index (χ1) is 9.81. The average Bonchev–Trinajstić information content (AvgIpc) is 2.43. The second-order valence-electron chi connectivity index (χ2n) is 5.09. The third-order valence-electron chi connectivity index (χ3n) is 3.61. The molecule has 0 bridgehead atoms. The van der Waals surface area contributed by atoms with Crippen molar-refractivity contribution in [3.63, 3.8) is 0 Å². The van der Waals surface area contributed by atoms with Gasteiger partial charge in [0.25, 0.3) is 0 Å². The van der Waals surface area contributed by atoms with Crippen LogP contribution in [0.5, 0.6) is 0 Å². The average molecular weight is 307 g/mol. The first-order valence-corrected chi connectivity index (χ1v) is 8.10. The fraction of sp³-hybridized carbons (Fsp3) is 0.250. The third kappa shape index (κ3) is 3.49. The molecule has 0 aliphatic carbocycles. The van der Waals surface area contributed by atoms with E-state index in [0.717, 1.165) is 22.8 Å². The van der Waals surface area contributed by atoms with Gasteiger partial charge in [0.05, 0.1) is 4.90 Å². The van der Waals surface area contributed by atoms with E-state index in [0.29, 0.717) is 5.56 Å². The van der Waals surface area contributed by atoms with E-state index in [1.807, 2.05) is 32.0 Å². The molecule has 1 N–H and O–H groups in total. The lowest BCUT2D eigenvalue weighted by atomic mass is 10.0. The van der Waals surface area contributed by atoms with Crippen molar-refractivity contribution < 1.29 is 12.8 Å². The van der Waals surface area contributed by atoms with E-state index < -0.39 is 15.8 Å². The van der Waals surface area contributed by atoms with E-state index in [1.54, 1.807) is 6.92 Å². The summed E-state index contributed by atoms with van der Waals surface area (Å²) in [5, 5.41) is 0. The van der Waals surface area contributed by atoms with Crippen LogP contribution in [0, 0.1) is 26.6 Å². The Morgan fingerprint density at radius 1 is 1.05 bits per heavy atom. The molecular formula is C16H18FNO2S. The van der Waals surface area contributed by atoms with Gasteiger partial charge in [0.2, 0.25) is 10.0 Å². The number of halogens is 1. The summed E-state index contributed by atoms with van der Waals surface area (Å²) in [6.45, 7) is 5.76. The van der Waals surface area contributed by atoms with Crippen molar-refractivity contribution >= 4 is 10.0 Å². The summed E-state index contributed by atoms with van der Waals surface area (Å²) in [6.07, 6.45) is 0. The molecule has 0 saturated heterocycles. The zero-order valence-electron chi connectivity index (χ0n) is 12.3. The third-order valence-corrected chi connectivity index (χ3v) is 5.15. The Bertz CT molecular complexity index is 770.